The molecule has 0 radical (unpaired) electrons. The molecule has 1 atom stereocenters. The lowest BCUT2D eigenvalue weighted by Gasteiger charge is -2.08. The smallest absolute Gasteiger partial charge is 0.0302 e. The van der Waals surface area contributed by atoms with Gasteiger partial charge < -0.3 is 0 Å². The molecule has 0 amide bonds. The number of hydrogen-bond acceptors (Lipinski definition) is 1. The van der Waals surface area contributed by atoms with Crippen molar-refractivity contribution in [3.63, 3.8) is 0 Å². The Morgan fingerprint density at radius 1 is 1.64 bits per heavy atom. The molecule has 1 aliphatic carbocycles. The van der Waals surface area contributed by atoms with Gasteiger partial charge >= 0.3 is 0 Å². The topological polar surface area (TPSA) is 0 Å². The van der Waals surface area contributed by atoms with Crippen LogP contribution in [0.2, 0.25) is 0 Å². The third-order valence-corrected chi connectivity index (χ3v) is 3.60. The van der Waals surface area contributed by atoms with Crippen molar-refractivity contribution in [1.82, 2.24) is 0 Å². The predicted molar refractivity (Wildman–Crippen MR) is 50.5 cm³/mol. The van der Waals surface area contributed by atoms with Crippen molar-refractivity contribution in [2.24, 2.45) is 5.92 Å². The summed E-state index contributed by atoms with van der Waals surface area (Å²) >= 11 is 7.74. The van der Waals surface area contributed by atoms with Crippen LogP contribution in [0.15, 0.2) is 17.5 Å². The molecule has 1 heterocycles. The van der Waals surface area contributed by atoms with E-state index >= 15 is 0 Å². The van der Waals surface area contributed by atoms with E-state index in [1.807, 2.05) is 11.3 Å². The molecular weight excluding hydrogens is 176 g/mol. The third kappa shape index (κ3) is 1.60. The lowest BCUT2D eigenvalue weighted by atomic mass is 10.1. The Morgan fingerprint density at radius 3 is 2.91 bits per heavy atom. The number of halogens is 1. The van der Waals surface area contributed by atoms with Gasteiger partial charge in [-0.2, -0.15) is 0 Å². The van der Waals surface area contributed by atoms with E-state index in [0.717, 1.165) is 11.8 Å². The van der Waals surface area contributed by atoms with Gasteiger partial charge in [-0.1, -0.05) is 6.07 Å². The van der Waals surface area contributed by atoms with Crippen LogP contribution in [-0.4, -0.2) is 5.88 Å². The quantitative estimate of drug-likeness (QED) is 0.635. The van der Waals surface area contributed by atoms with Gasteiger partial charge in [0.15, 0.2) is 0 Å². The molecule has 1 aliphatic rings. The Bertz CT molecular complexity index is 213. The van der Waals surface area contributed by atoms with Gasteiger partial charge in [-0.15, -0.1) is 22.9 Å². The van der Waals surface area contributed by atoms with E-state index < -0.39 is 0 Å². The molecule has 2 rings (SSSR count). The van der Waals surface area contributed by atoms with Crippen molar-refractivity contribution in [3.05, 3.63) is 22.4 Å². The average Bonchev–Trinajstić information content (AvgIpc) is 2.68. The number of thiophene rings is 1. The Labute approximate surface area is 76.2 Å². The summed E-state index contributed by atoms with van der Waals surface area (Å²) in [4.78, 5) is 1.47. The highest BCUT2D eigenvalue weighted by molar-refractivity contribution is 7.10. The van der Waals surface area contributed by atoms with Crippen LogP contribution < -0.4 is 0 Å². The Kier molecular flexibility index (Phi) is 2.19. The zero-order valence-electron chi connectivity index (χ0n) is 6.29. The fraction of sp³-hybridized carbons (Fsp3) is 0.556. The third-order valence-electron chi connectivity index (χ3n) is 2.27. The fourth-order valence-corrected chi connectivity index (χ4v) is 2.87. The second kappa shape index (κ2) is 3.16. The molecule has 0 aliphatic heterocycles. The molecule has 1 saturated carbocycles. The van der Waals surface area contributed by atoms with Crippen LogP contribution in [-0.2, 0) is 0 Å². The average molecular weight is 187 g/mol. The second-order valence-electron chi connectivity index (χ2n) is 3.11. The Hall–Kier alpha value is -0.0100. The van der Waals surface area contributed by atoms with Crippen LogP contribution in [0.25, 0.3) is 0 Å². The minimum absolute atomic E-state index is 0.650. The van der Waals surface area contributed by atoms with E-state index in [-0.39, 0.29) is 0 Å². The molecule has 0 bridgehead atoms. The second-order valence-corrected chi connectivity index (χ2v) is 4.40. The van der Waals surface area contributed by atoms with Crippen LogP contribution in [0.4, 0.5) is 0 Å². The summed E-state index contributed by atoms with van der Waals surface area (Å²) in [6, 6.07) is 4.32. The van der Waals surface area contributed by atoms with Gasteiger partial charge in [0.25, 0.3) is 0 Å². The summed E-state index contributed by atoms with van der Waals surface area (Å²) in [7, 11) is 0. The van der Waals surface area contributed by atoms with Crippen LogP contribution in [0.1, 0.15) is 23.6 Å². The summed E-state index contributed by atoms with van der Waals surface area (Å²) < 4.78 is 0. The Morgan fingerprint density at radius 2 is 2.45 bits per heavy atom. The molecule has 2 heteroatoms. The van der Waals surface area contributed by atoms with Gasteiger partial charge in [-0.3, -0.25) is 0 Å². The maximum absolute atomic E-state index is 5.90. The molecular formula is C9H11ClS. The van der Waals surface area contributed by atoms with Crippen LogP contribution in [0.5, 0.6) is 0 Å². The summed E-state index contributed by atoms with van der Waals surface area (Å²) in [5, 5.41) is 2.14. The van der Waals surface area contributed by atoms with Crippen molar-refractivity contribution in [2.45, 2.75) is 18.8 Å². The standard InChI is InChI=1S/C9H11ClS/c10-6-8(7-3-4-7)9-2-1-5-11-9/h1-2,5,7-8H,3-4,6H2. The van der Waals surface area contributed by atoms with E-state index in [1.54, 1.807) is 0 Å². The van der Waals surface area contributed by atoms with Crippen LogP contribution in [0.3, 0.4) is 0 Å². The van der Waals surface area contributed by atoms with Crippen LogP contribution >= 0.6 is 22.9 Å². The predicted octanol–water partition coefficient (Wildman–Crippen LogP) is 3.48. The summed E-state index contributed by atoms with van der Waals surface area (Å²) in [6.45, 7) is 0. The highest BCUT2D eigenvalue weighted by Gasteiger charge is 2.31. The molecule has 0 nitrogen and oxygen atoms in total. The first kappa shape index (κ1) is 7.63. The normalized spacial score (nSPS) is 20.1. The molecule has 1 fully saturated rings. The van der Waals surface area contributed by atoms with Crippen molar-refractivity contribution in [1.29, 1.82) is 0 Å². The van der Waals surface area contributed by atoms with E-state index in [0.29, 0.717) is 5.92 Å². The zero-order chi connectivity index (χ0) is 7.68. The molecule has 60 valence electrons. The lowest BCUT2D eigenvalue weighted by Crippen LogP contribution is -1.99. The molecule has 1 aromatic rings. The monoisotopic (exact) mass is 186 g/mol. The maximum Gasteiger partial charge on any atom is 0.0302 e. The lowest BCUT2D eigenvalue weighted by molar-refractivity contribution is 0.682. The van der Waals surface area contributed by atoms with Gasteiger partial charge in [0, 0.05) is 16.7 Å². The molecule has 0 aromatic carbocycles. The van der Waals surface area contributed by atoms with Crippen LogP contribution in [0, 0.1) is 5.92 Å². The van der Waals surface area contributed by atoms with E-state index in [1.165, 1.54) is 17.7 Å². The van der Waals surface area contributed by atoms with E-state index in [2.05, 4.69) is 17.5 Å². The first-order chi connectivity index (χ1) is 5.42. The first-order valence-corrected chi connectivity index (χ1v) is 5.42. The van der Waals surface area contributed by atoms with Crippen molar-refractivity contribution < 1.29 is 0 Å². The summed E-state index contributed by atoms with van der Waals surface area (Å²) in [5.41, 5.74) is 0. The Balaban J connectivity index is 2.11. The largest absolute Gasteiger partial charge is 0.149 e. The number of hydrogen-bond donors (Lipinski definition) is 0. The number of rotatable bonds is 3. The van der Waals surface area contributed by atoms with Gasteiger partial charge in [0.05, 0.1) is 0 Å². The SMILES string of the molecule is ClCC(c1cccs1)C1CC1. The van der Waals surface area contributed by atoms with Crippen molar-refractivity contribution in [3.8, 4) is 0 Å². The minimum atomic E-state index is 0.650. The highest BCUT2D eigenvalue weighted by Crippen LogP contribution is 2.44. The molecule has 0 N–H and O–H groups in total. The van der Waals surface area contributed by atoms with Gasteiger partial charge in [0.1, 0.15) is 0 Å². The summed E-state index contributed by atoms with van der Waals surface area (Å²) in [6.07, 6.45) is 2.77. The molecule has 1 aromatic heterocycles. The molecule has 0 spiro atoms. The zero-order valence-corrected chi connectivity index (χ0v) is 7.87. The first-order valence-electron chi connectivity index (χ1n) is 4.01. The molecule has 1 unspecified atom stereocenters. The number of alkyl halides is 1. The molecule has 11 heavy (non-hydrogen) atoms. The highest BCUT2D eigenvalue weighted by atomic mass is 35.5. The minimum Gasteiger partial charge on any atom is -0.149 e. The van der Waals surface area contributed by atoms with E-state index in [9.17, 15) is 0 Å². The van der Waals surface area contributed by atoms with E-state index in [4.69, 9.17) is 11.6 Å². The maximum atomic E-state index is 5.90. The van der Waals surface area contributed by atoms with Gasteiger partial charge in [-0.25, -0.2) is 0 Å². The molecule has 0 saturated heterocycles. The van der Waals surface area contributed by atoms with Crippen molar-refractivity contribution >= 4 is 22.9 Å². The fourth-order valence-electron chi connectivity index (χ4n) is 1.44. The van der Waals surface area contributed by atoms with Gasteiger partial charge in [-0.05, 0) is 30.2 Å². The summed E-state index contributed by atoms with van der Waals surface area (Å²) in [5.74, 6) is 2.34. The van der Waals surface area contributed by atoms with Crippen molar-refractivity contribution in [2.75, 3.05) is 5.88 Å². The van der Waals surface area contributed by atoms with Gasteiger partial charge in [0.2, 0.25) is 0 Å².